The van der Waals surface area contributed by atoms with Gasteiger partial charge in [0, 0.05) is 19.6 Å². The van der Waals surface area contributed by atoms with Gasteiger partial charge in [-0.25, -0.2) is 6.57 Å². The summed E-state index contributed by atoms with van der Waals surface area (Å²) in [6, 6.07) is 0.0789. The van der Waals surface area contributed by atoms with Crippen molar-refractivity contribution in [1.29, 1.82) is 0 Å². The van der Waals surface area contributed by atoms with Gasteiger partial charge in [-0.2, -0.15) is 0 Å². The zero-order valence-electron chi connectivity index (χ0n) is 43.9. The maximum absolute atomic E-state index is 7.37. The van der Waals surface area contributed by atoms with Crippen molar-refractivity contribution in [2.75, 3.05) is 33.0 Å². The molecular weight excluding hydrogens is 793 g/mol. The van der Waals surface area contributed by atoms with Crippen LogP contribution >= 0.6 is 0 Å². The number of nitrogens with zero attached hydrogens (tertiary/aromatic N) is 1. The molecule has 2 N–H and O–H groups in total. The summed E-state index contributed by atoms with van der Waals surface area (Å²) in [5.74, 6) is 0.565. The Morgan fingerprint density at radius 1 is 0.385 bits per heavy atom. The molecule has 0 amide bonds. The van der Waals surface area contributed by atoms with Crippen molar-refractivity contribution < 1.29 is 9.47 Å². The first-order valence-corrected chi connectivity index (χ1v) is 28.5. The molecule has 0 aliphatic heterocycles. The predicted molar refractivity (Wildman–Crippen MR) is 295 cm³/mol. The molecule has 4 nitrogen and oxygen atoms in total. The fraction of sp³-hybridized carbons (Fsp3) is 0.852. The van der Waals surface area contributed by atoms with Crippen molar-refractivity contribution in [3.05, 3.63) is 60.0 Å². The monoisotopic (exact) mass is 911 g/mol. The van der Waals surface area contributed by atoms with E-state index in [1.165, 1.54) is 231 Å². The minimum Gasteiger partial charge on any atom is -0.381 e. The number of nitrogens with two attached hydrogens (primary N) is 1. The van der Waals surface area contributed by atoms with E-state index in [0.717, 1.165) is 52.0 Å². The summed E-state index contributed by atoms with van der Waals surface area (Å²) >= 11 is 0. The third kappa shape index (κ3) is 62.3. The van der Waals surface area contributed by atoms with Gasteiger partial charge in [-0.15, -0.1) is 0 Å². The van der Waals surface area contributed by atoms with Gasteiger partial charge in [-0.3, -0.25) is 0 Å². The summed E-state index contributed by atoms with van der Waals surface area (Å²) in [4.78, 5) is 3.77. The molecule has 0 saturated carbocycles. The number of rotatable bonds is 51. The molecule has 0 rings (SSSR count). The van der Waals surface area contributed by atoms with Gasteiger partial charge in [-0.05, 0) is 102 Å². The lowest BCUT2D eigenvalue weighted by molar-refractivity contribution is 0.0945. The molecule has 0 aromatic heterocycles. The first kappa shape index (κ1) is 67.6. The van der Waals surface area contributed by atoms with Gasteiger partial charge >= 0.3 is 0 Å². The lowest BCUT2D eigenvalue weighted by atomic mass is 10.0. The van der Waals surface area contributed by atoms with Crippen molar-refractivity contribution in [3.8, 4) is 0 Å². The molecule has 384 valence electrons. The van der Waals surface area contributed by atoms with Crippen molar-refractivity contribution in [3.63, 3.8) is 0 Å². The number of hydrogen-bond donors (Lipinski definition) is 1. The molecular formula is C61H118N2O2. The zero-order chi connectivity index (χ0) is 46.8. The average Bonchev–Trinajstić information content (AvgIpc) is 3.31. The van der Waals surface area contributed by atoms with Crippen LogP contribution in [-0.4, -0.2) is 39.0 Å². The van der Waals surface area contributed by atoms with Crippen molar-refractivity contribution in [2.45, 2.75) is 298 Å². The summed E-state index contributed by atoms with van der Waals surface area (Å²) in [6.07, 6.45) is 70.6. The van der Waals surface area contributed by atoms with Gasteiger partial charge in [-0.1, -0.05) is 244 Å². The van der Waals surface area contributed by atoms with E-state index in [4.69, 9.17) is 21.8 Å². The highest BCUT2D eigenvalue weighted by atomic mass is 16.5. The summed E-state index contributed by atoms with van der Waals surface area (Å²) < 4.78 is 11.7. The largest absolute Gasteiger partial charge is 0.381 e. The van der Waals surface area contributed by atoms with Crippen LogP contribution < -0.4 is 5.73 Å². The second-order valence-corrected chi connectivity index (χ2v) is 19.0. The van der Waals surface area contributed by atoms with E-state index in [1.54, 1.807) is 0 Å². The van der Waals surface area contributed by atoms with Crippen molar-refractivity contribution in [1.82, 2.24) is 0 Å². The Balaban J connectivity index is -0.00000116. The van der Waals surface area contributed by atoms with Crippen LogP contribution in [0.15, 0.2) is 48.6 Å². The molecule has 0 spiro atoms. The molecule has 0 aromatic rings. The van der Waals surface area contributed by atoms with Gasteiger partial charge in [0.15, 0.2) is 0 Å². The average molecular weight is 912 g/mol. The maximum Gasteiger partial charge on any atom is 0.246 e. The summed E-state index contributed by atoms with van der Waals surface area (Å²) in [6.45, 7) is 20.5. The number of unbranched alkanes of at least 4 members (excludes halogenated alkanes) is 30. The van der Waals surface area contributed by atoms with Gasteiger partial charge in [0.05, 0.1) is 6.61 Å². The normalized spacial score (nSPS) is 12.6. The van der Waals surface area contributed by atoms with Crippen molar-refractivity contribution in [2.24, 2.45) is 11.7 Å². The van der Waals surface area contributed by atoms with E-state index in [2.05, 4.69) is 81.1 Å². The Morgan fingerprint density at radius 3 is 1.08 bits per heavy atom. The Bertz CT molecular complexity index is 996. The van der Waals surface area contributed by atoms with E-state index >= 15 is 0 Å². The fourth-order valence-electron chi connectivity index (χ4n) is 8.04. The quantitative estimate of drug-likeness (QED) is 0.0376. The SMILES string of the molecule is C.CCCCC/C=C\C/C=C\CCCCCCCCOCC(CN)CCCCCCCCC.[C-]#[N+]C(CCCCCCCCC)COCCCCCCCC/C=C\C/C=C\CCCCC. The second kappa shape index (κ2) is 64.4. The van der Waals surface area contributed by atoms with Crippen LogP contribution in [0.4, 0.5) is 0 Å². The predicted octanol–water partition coefficient (Wildman–Crippen LogP) is 20.4. The first-order chi connectivity index (χ1) is 31.7. The van der Waals surface area contributed by atoms with E-state index in [-0.39, 0.29) is 13.5 Å². The van der Waals surface area contributed by atoms with E-state index in [1.807, 2.05) is 0 Å². The molecule has 0 fully saturated rings. The van der Waals surface area contributed by atoms with E-state index in [9.17, 15) is 0 Å². The van der Waals surface area contributed by atoms with Gasteiger partial charge in [0.25, 0.3) is 0 Å². The molecule has 0 bridgehead atoms. The third-order valence-electron chi connectivity index (χ3n) is 12.5. The fourth-order valence-corrected chi connectivity index (χ4v) is 8.04. The van der Waals surface area contributed by atoms with Crippen LogP contribution in [0.5, 0.6) is 0 Å². The lowest BCUT2D eigenvalue weighted by Crippen LogP contribution is -2.20. The maximum atomic E-state index is 7.37. The highest BCUT2D eigenvalue weighted by Gasteiger charge is 2.12. The third-order valence-corrected chi connectivity index (χ3v) is 12.5. The van der Waals surface area contributed by atoms with E-state index < -0.39 is 0 Å². The van der Waals surface area contributed by atoms with Crippen LogP contribution in [0.25, 0.3) is 4.85 Å². The molecule has 0 radical (unpaired) electrons. The van der Waals surface area contributed by atoms with Crippen LogP contribution in [0.2, 0.25) is 0 Å². The van der Waals surface area contributed by atoms with Crippen LogP contribution in [0.3, 0.4) is 0 Å². The van der Waals surface area contributed by atoms with Gasteiger partial charge in [0.1, 0.15) is 6.61 Å². The summed E-state index contributed by atoms with van der Waals surface area (Å²) in [5, 5.41) is 0. The standard InChI is InChI=1S/C30H55NO.C30H59NO.CH4/c1-4-6-8-10-12-13-14-15-16-17-18-19-20-22-24-26-28-32-29-30(31-3)27-25-23-21-11-9-7-5-2;1-3-5-7-9-11-12-13-14-15-16-17-18-19-21-23-25-27-32-29-30(28-31)26-24-22-20-10-8-6-4-2;/h12-13,15-16,30H,4-11,14,17-29H2,1-2H3;11-12,14-15,30H,3-10,13,16-29,31H2,1-2H3;1H4/b13-12-,16-15-;12-11-,15-14-;. The van der Waals surface area contributed by atoms with Crippen LogP contribution in [0, 0.1) is 12.5 Å². The molecule has 2 atom stereocenters. The molecule has 0 aliphatic carbocycles. The first-order valence-electron chi connectivity index (χ1n) is 28.5. The molecule has 65 heavy (non-hydrogen) atoms. The molecule has 4 heteroatoms. The lowest BCUT2D eigenvalue weighted by Gasteiger charge is -2.15. The summed E-state index contributed by atoms with van der Waals surface area (Å²) in [5.41, 5.74) is 5.94. The molecule has 2 unspecified atom stereocenters. The Morgan fingerprint density at radius 2 is 0.692 bits per heavy atom. The number of ether oxygens (including phenoxy) is 2. The van der Waals surface area contributed by atoms with E-state index in [0.29, 0.717) is 12.5 Å². The molecule has 0 heterocycles. The van der Waals surface area contributed by atoms with Crippen LogP contribution in [-0.2, 0) is 9.47 Å². The second-order valence-electron chi connectivity index (χ2n) is 19.0. The molecule has 0 saturated heterocycles. The van der Waals surface area contributed by atoms with Crippen LogP contribution in [0.1, 0.15) is 292 Å². The minimum atomic E-state index is 0. The smallest absolute Gasteiger partial charge is 0.246 e. The Hall–Kier alpha value is -1.67. The topological polar surface area (TPSA) is 48.8 Å². The highest BCUT2D eigenvalue weighted by Crippen LogP contribution is 2.15. The Labute approximate surface area is 410 Å². The summed E-state index contributed by atoms with van der Waals surface area (Å²) in [7, 11) is 0. The highest BCUT2D eigenvalue weighted by molar-refractivity contribution is 4.93. The number of allylic oxidation sites excluding steroid dienone is 8. The van der Waals surface area contributed by atoms with Gasteiger partial charge < -0.3 is 20.1 Å². The van der Waals surface area contributed by atoms with Gasteiger partial charge in [0.2, 0.25) is 6.04 Å². The molecule has 0 aromatic carbocycles. The minimum absolute atomic E-state index is 0. The number of hydrogen-bond acceptors (Lipinski definition) is 3. The molecule has 0 aliphatic rings. The zero-order valence-corrected chi connectivity index (χ0v) is 43.9. The Kier molecular flexibility index (Phi) is 67.0. The van der Waals surface area contributed by atoms with Crippen molar-refractivity contribution >= 4 is 0 Å².